The second-order valence-corrected chi connectivity index (χ2v) is 5.50. The quantitative estimate of drug-likeness (QED) is 0.758. The summed E-state index contributed by atoms with van der Waals surface area (Å²) in [6.07, 6.45) is 2.72. The lowest BCUT2D eigenvalue weighted by Gasteiger charge is -2.07. The first kappa shape index (κ1) is 13.2. The normalized spacial score (nSPS) is 14.1. The number of ketones is 1. The van der Waals surface area contributed by atoms with E-state index in [4.69, 9.17) is 16.3 Å². The summed E-state index contributed by atoms with van der Waals surface area (Å²) < 4.78 is 5.72. The zero-order valence-electron chi connectivity index (χ0n) is 11.2. The first-order valence-electron chi connectivity index (χ1n) is 6.71. The van der Waals surface area contributed by atoms with Crippen LogP contribution >= 0.6 is 11.6 Å². The van der Waals surface area contributed by atoms with Gasteiger partial charge in [0, 0.05) is 5.56 Å². The summed E-state index contributed by atoms with van der Waals surface area (Å²) in [6, 6.07) is 13.5. The molecular weight excluding hydrogens is 272 g/mol. The zero-order chi connectivity index (χ0) is 14.1. The van der Waals surface area contributed by atoms with Gasteiger partial charge in [-0.25, -0.2) is 0 Å². The van der Waals surface area contributed by atoms with Gasteiger partial charge < -0.3 is 4.74 Å². The van der Waals surface area contributed by atoms with Crippen LogP contribution in [0.25, 0.3) is 11.1 Å². The molecule has 0 heterocycles. The highest BCUT2D eigenvalue weighted by Gasteiger charge is 2.23. The van der Waals surface area contributed by atoms with Crippen LogP contribution in [0.4, 0.5) is 0 Å². The van der Waals surface area contributed by atoms with Gasteiger partial charge in [-0.05, 0) is 55.2 Å². The second kappa shape index (κ2) is 5.29. The third-order valence-electron chi connectivity index (χ3n) is 3.36. The van der Waals surface area contributed by atoms with Gasteiger partial charge in [0.2, 0.25) is 0 Å². The highest BCUT2D eigenvalue weighted by Crippen LogP contribution is 2.30. The van der Waals surface area contributed by atoms with Crippen molar-refractivity contribution in [2.75, 3.05) is 0 Å². The van der Waals surface area contributed by atoms with Gasteiger partial charge in [0.15, 0.2) is 5.78 Å². The third-order valence-corrected chi connectivity index (χ3v) is 3.68. The Bertz CT molecular complexity index is 643. The Kier molecular flexibility index (Phi) is 3.49. The monoisotopic (exact) mass is 286 g/mol. The molecule has 0 bridgehead atoms. The molecule has 1 saturated carbocycles. The fourth-order valence-electron chi connectivity index (χ4n) is 2.08. The summed E-state index contributed by atoms with van der Waals surface area (Å²) in [4.78, 5) is 11.4. The Labute approximate surface area is 123 Å². The van der Waals surface area contributed by atoms with E-state index < -0.39 is 0 Å². The maximum absolute atomic E-state index is 11.4. The molecule has 0 aromatic heterocycles. The highest BCUT2D eigenvalue weighted by molar-refractivity contribution is 6.34. The van der Waals surface area contributed by atoms with E-state index in [1.165, 1.54) is 6.92 Å². The number of hydrogen-bond acceptors (Lipinski definition) is 2. The van der Waals surface area contributed by atoms with Crippen LogP contribution in [0.5, 0.6) is 5.75 Å². The average Bonchev–Trinajstić information content (AvgIpc) is 3.23. The molecule has 2 aromatic carbocycles. The van der Waals surface area contributed by atoms with Crippen LogP contribution in [-0.4, -0.2) is 11.9 Å². The molecule has 3 heteroatoms. The van der Waals surface area contributed by atoms with Crippen LogP contribution in [0.1, 0.15) is 30.1 Å². The largest absolute Gasteiger partial charge is 0.490 e. The number of Topliss-reactive ketones (excluding diaryl/α,β-unsaturated/α-hetero) is 1. The molecule has 0 radical (unpaired) electrons. The SMILES string of the molecule is CC(=O)c1ccc(-c2ccc(OC3CC3)cc2)cc1Cl. The molecule has 1 fully saturated rings. The van der Waals surface area contributed by atoms with Gasteiger partial charge in [0.25, 0.3) is 0 Å². The van der Waals surface area contributed by atoms with Crippen LogP contribution < -0.4 is 4.74 Å². The molecule has 0 saturated heterocycles. The Morgan fingerprint density at radius 3 is 2.30 bits per heavy atom. The molecule has 1 aliphatic rings. The maximum atomic E-state index is 11.4. The number of hydrogen-bond donors (Lipinski definition) is 0. The summed E-state index contributed by atoms with van der Waals surface area (Å²) in [6.45, 7) is 1.52. The Hall–Kier alpha value is -1.80. The van der Waals surface area contributed by atoms with E-state index in [0.29, 0.717) is 16.7 Å². The van der Waals surface area contributed by atoms with Crippen molar-refractivity contribution in [2.45, 2.75) is 25.9 Å². The molecule has 2 nitrogen and oxygen atoms in total. The van der Waals surface area contributed by atoms with E-state index in [9.17, 15) is 4.79 Å². The molecule has 0 atom stereocenters. The van der Waals surface area contributed by atoms with Gasteiger partial charge in [0.1, 0.15) is 5.75 Å². The molecule has 20 heavy (non-hydrogen) atoms. The molecule has 0 N–H and O–H groups in total. The van der Waals surface area contributed by atoms with E-state index in [-0.39, 0.29) is 5.78 Å². The van der Waals surface area contributed by atoms with Crippen molar-refractivity contribution in [2.24, 2.45) is 0 Å². The summed E-state index contributed by atoms with van der Waals surface area (Å²) in [5, 5.41) is 0.494. The molecule has 102 valence electrons. The zero-order valence-corrected chi connectivity index (χ0v) is 12.0. The molecule has 2 aromatic rings. The van der Waals surface area contributed by atoms with Crippen molar-refractivity contribution in [1.29, 1.82) is 0 Å². The van der Waals surface area contributed by atoms with Gasteiger partial charge in [-0.3, -0.25) is 4.79 Å². The van der Waals surface area contributed by atoms with Gasteiger partial charge in [-0.15, -0.1) is 0 Å². The number of carbonyl (C=O) groups excluding carboxylic acids is 1. The summed E-state index contributed by atoms with van der Waals surface area (Å²) in [5.41, 5.74) is 2.62. The Morgan fingerprint density at radius 2 is 1.75 bits per heavy atom. The molecule has 3 rings (SSSR count). The Balaban J connectivity index is 1.84. The highest BCUT2D eigenvalue weighted by atomic mass is 35.5. The van der Waals surface area contributed by atoms with Gasteiger partial charge in [-0.1, -0.05) is 29.8 Å². The number of carbonyl (C=O) groups is 1. The van der Waals surface area contributed by atoms with Crippen LogP contribution in [0.3, 0.4) is 0 Å². The topological polar surface area (TPSA) is 26.3 Å². The average molecular weight is 287 g/mol. The van der Waals surface area contributed by atoms with Crippen molar-refractivity contribution in [3.63, 3.8) is 0 Å². The molecular formula is C17H15ClO2. The van der Waals surface area contributed by atoms with Crippen LogP contribution in [0.15, 0.2) is 42.5 Å². The number of halogens is 1. The van der Waals surface area contributed by atoms with Crippen molar-refractivity contribution >= 4 is 17.4 Å². The van der Waals surface area contributed by atoms with Crippen LogP contribution in [0, 0.1) is 0 Å². The predicted octanol–water partition coefficient (Wildman–Crippen LogP) is 4.75. The molecule has 0 spiro atoms. The lowest BCUT2D eigenvalue weighted by atomic mass is 10.0. The minimum atomic E-state index is -0.0188. The van der Waals surface area contributed by atoms with Crippen LogP contribution in [-0.2, 0) is 0 Å². The second-order valence-electron chi connectivity index (χ2n) is 5.09. The Morgan fingerprint density at radius 1 is 1.10 bits per heavy atom. The van der Waals surface area contributed by atoms with E-state index >= 15 is 0 Å². The van der Waals surface area contributed by atoms with Crippen molar-refractivity contribution in [1.82, 2.24) is 0 Å². The van der Waals surface area contributed by atoms with E-state index in [1.54, 1.807) is 6.07 Å². The smallest absolute Gasteiger partial charge is 0.161 e. The van der Waals surface area contributed by atoms with Crippen LogP contribution in [0.2, 0.25) is 5.02 Å². The molecule has 1 aliphatic carbocycles. The predicted molar refractivity (Wildman–Crippen MR) is 80.5 cm³/mol. The molecule has 0 aliphatic heterocycles. The number of benzene rings is 2. The minimum absolute atomic E-state index is 0.0188. The fraction of sp³-hybridized carbons (Fsp3) is 0.235. The van der Waals surface area contributed by atoms with Gasteiger partial charge >= 0.3 is 0 Å². The summed E-state index contributed by atoms with van der Waals surface area (Å²) >= 11 is 6.14. The molecule has 0 amide bonds. The standard InChI is InChI=1S/C17H15ClO2/c1-11(19)16-9-4-13(10-17(16)18)12-2-5-14(6-3-12)20-15-7-8-15/h2-6,9-10,15H,7-8H2,1H3. The van der Waals surface area contributed by atoms with Crippen molar-refractivity contribution in [3.05, 3.63) is 53.1 Å². The lowest BCUT2D eigenvalue weighted by Crippen LogP contribution is -1.95. The maximum Gasteiger partial charge on any atom is 0.161 e. The minimum Gasteiger partial charge on any atom is -0.490 e. The fourth-order valence-corrected chi connectivity index (χ4v) is 2.40. The third kappa shape index (κ3) is 2.86. The lowest BCUT2D eigenvalue weighted by molar-refractivity contribution is 0.101. The van der Waals surface area contributed by atoms with E-state index in [1.807, 2.05) is 36.4 Å². The first-order valence-corrected chi connectivity index (χ1v) is 7.09. The van der Waals surface area contributed by atoms with Crippen molar-refractivity contribution < 1.29 is 9.53 Å². The summed E-state index contributed by atoms with van der Waals surface area (Å²) in [5.74, 6) is 0.887. The molecule has 0 unspecified atom stereocenters. The number of rotatable bonds is 4. The van der Waals surface area contributed by atoms with E-state index in [2.05, 4.69) is 0 Å². The summed E-state index contributed by atoms with van der Waals surface area (Å²) in [7, 11) is 0. The number of ether oxygens (including phenoxy) is 1. The van der Waals surface area contributed by atoms with Gasteiger partial charge in [-0.2, -0.15) is 0 Å². The first-order chi connectivity index (χ1) is 9.63. The van der Waals surface area contributed by atoms with E-state index in [0.717, 1.165) is 29.7 Å². The van der Waals surface area contributed by atoms with Crippen molar-refractivity contribution in [3.8, 4) is 16.9 Å². The van der Waals surface area contributed by atoms with Gasteiger partial charge in [0.05, 0.1) is 11.1 Å².